The molecule has 3 heterocycles. The fraction of sp³-hybridized carbons (Fsp3) is 0.240. The van der Waals surface area contributed by atoms with Crippen LogP contribution in [0.25, 0.3) is 28.3 Å². The first-order chi connectivity index (χ1) is 18.8. The molecule has 9 nitrogen and oxygen atoms in total. The standard InChI is InChI=1S/C25H21F5N8OS/c1-4-40(39)23-19(22-35-18-9-16(13-34-21(18)37(22)2)24(26,27)25(28,29)30)36-20(38(23)3)15(11-32)12-33-17-7-5-6-14(8-17)10-31/h5-9,11-13H,4,32H2,1-3H3. The minimum atomic E-state index is -5.82. The zero-order valence-electron chi connectivity index (χ0n) is 21.2. The Morgan fingerprint density at radius 3 is 2.52 bits per heavy atom. The predicted octanol–water partition coefficient (Wildman–Crippen LogP) is 4.72. The minimum absolute atomic E-state index is 0.0192. The summed E-state index contributed by atoms with van der Waals surface area (Å²) in [5.74, 6) is -4.67. The van der Waals surface area contributed by atoms with Gasteiger partial charge in [-0.25, -0.2) is 15.0 Å². The molecule has 1 unspecified atom stereocenters. The molecule has 1 atom stereocenters. The Balaban J connectivity index is 1.85. The number of aromatic nitrogens is 5. The van der Waals surface area contributed by atoms with E-state index in [4.69, 9.17) is 11.0 Å². The molecule has 0 saturated heterocycles. The van der Waals surface area contributed by atoms with Crippen LogP contribution in [-0.4, -0.2) is 46.4 Å². The number of nitrogens with two attached hydrogens (primary N) is 1. The number of nitriles is 1. The van der Waals surface area contributed by atoms with Crippen LogP contribution < -0.4 is 5.73 Å². The number of pyridine rings is 1. The summed E-state index contributed by atoms with van der Waals surface area (Å²) in [6.07, 6.45) is -2.74. The molecule has 40 heavy (non-hydrogen) atoms. The number of aliphatic imine (C=N–C) groups is 1. The van der Waals surface area contributed by atoms with Crippen LogP contribution in [0.15, 0.2) is 52.7 Å². The summed E-state index contributed by atoms with van der Waals surface area (Å²) in [5, 5.41) is 9.33. The van der Waals surface area contributed by atoms with Crippen molar-refractivity contribution in [1.82, 2.24) is 24.1 Å². The molecule has 0 radical (unpaired) electrons. The maximum atomic E-state index is 14.0. The first kappa shape index (κ1) is 28.6. The Morgan fingerprint density at radius 1 is 1.18 bits per heavy atom. The average molecular weight is 577 g/mol. The van der Waals surface area contributed by atoms with Gasteiger partial charge in [0.05, 0.1) is 39.3 Å². The van der Waals surface area contributed by atoms with Crippen LogP contribution in [-0.2, 0) is 30.8 Å². The lowest BCUT2D eigenvalue weighted by Gasteiger charge is -2.19. The van der Waals surface area contributed by atoms with Gasteiger partial charge in [-0.1, -0.05) is 13.0 Å². The molecule has 4 aromatic rings. The van der Waals surface area contributed by atoms with Gasteiger partial charge in [0.1, 0.15) is 22.1 Å². The van der Waals surface area contributed by atoms with E-state index in [-0.39, 0.29) is 39.3 Å². The quantitative estimate of drug-likeness (QED) is 0.250. The molecule has 0 aliphatic rings. The summed E-state index contributed by atoms with van der Waals surface area (Å²) in [6.45, 7) is 1.68. The Hall–Kier alpha value is -4.45. The molecule has 0 bridgehead atoms. The lowest BCUT2D eigenvalue weighted by Crippen LogP contribution is -2.33. The second kappa shape index (κ2) is 10.6. The zero-order valence-corrected chi connectivity index (χ0v) is 22.1. The molecule has 0 aliphatic heterocycles. The van der Waals surface area contributed by atoms with E-state index < -0.39 is 28.5 Å². The fourth-order valence-electron chi connectivity index (χ4n) is 3.88. The molecular weight excluding hydrogens is 555 g/mol. The summed E-state index contributed by atoms with van der Waals surface area (Å²) in [6, 6.07) is 9.16. The van der Waals surface area contributed by atoms with Gasteiger partial charge in [0.15, 0.2) is 11.5 Å². The Kier molecular flexibility index (Phi) is 7.57. The molecule has 1 aromatic carbocycles. The van der Waals surface area contributed by atoms with E-state index in [2.05, 4.69) is 19.9 Å². The van der Waals surface area contributed by atoms with Gasteiger partial charge in [-0.2, -0.15) is 27.2 Å². The highest BCUT2D eigenvalue weighted by atomic mass is 32.2. The highest BCUT2D eigenvalue weighted by Crippen LogP contribution is 2.44. The molecule has 0 amide bonds. The van der Waals surface area contributed by atoms with E-state index in [0.717, 1.165) is 0 Å². The van der Waals surface area contributed by atoms with Crippen molar-refractivity contribution in [2.24, 2.45) is 24.8 Å². The lowest BCUT2D eigenvalue weighted by molar-refractivity contribution is -0.289. The highest BCUT2D eigenvalue weighted by molar-refractivity contribution is 7.85. The number of alkyl halides is 5. The second-order valence-corrected chi connectivity index (χ2v) is 10.1. The average Bonchev–Trinajstić information content (AvgIpc) is 3.44. The van der Waals surface area contributed by atoms with Gasteiger partial charge in [0.2, 0.25) is 0 Å². The third-order valence-electron chi connectivity index (χ3n) is 5.93. The van der Waals surface area contributed by atoms with E-state index >= 15 is 0 Å². The first-order valence-electron chi connectivity index (χ1n) is 11.5. The normalized spacial score (nSPS) is 13.7. The van der Waals surface area contributed by atoms with Gasteiger partial charge >= 0.3 is 12.1 Å². The number of rotatable bonds is 7. The van der Waals surface area contributed by atoms with Crippen molar-refractivity contribution in [2.75, 3.05) is 5.75 Å². The molecule has 0 fully saturated rings. The molecule has 208 valence electrons. The monoisotopic (exact) mass is 576 g/mol. The van der Waals surface area contributed by atoms with Crippen molar-refractivity contribution in [3.63, 3.8) is 0 Å². The van der Waals surface area contributed by atoms with E-state index in [1.54, 1.807) is 38.2 Å². The zero-order chi connectivity index (χ0) is 29.4. The molecule has 0 aliphatic carbocycles. The maximum absolute atomic E-state index is 14.0. The van der Waals surface area contributed by atoms with Crippen LogP contribution in [0.1, 0.15) is 23.9 Å². The Labute approximate surface area is 227 Å². The van der Waals surface area contributed by atoms with Crippen LogP contribution in [0.5, 0.6) is 0 Å². The van der Waals surface area contributed by atoms with Crippen LogP contribution in [0.4, 0.5) is 27.6 Å². The number of fused-ring (bicyclic) bond motifs is 1. The SMILES string of the molecule is CCS(=O)c1c(-c2nc3cc(C(F)(F)C(F)(F)F)cnc3n2C)nc(C(C=Nc2cccc(C#N)c2)=CN)n1C. The third-order valence-corrected chi connectivity index (χ3v) is 7.35. The summed E-state index contributed by atoms with van der Waals surface area (Å²) >= 11 is 0. The smallest absolute Gasteiger partial charge is 0.404 e. The van der Waals surface area contributed by atoms with Crippen LogP contribution in [0, 0.1) is 11.3 Å². The Morgan fingerprint density at radius 2 is 1.90 bits per heavy atom. The maximum Gasteiger partial charge on any atom is 0.458 e. The van der Waals surface area contributed by atoms with Crippen molar-refractivity contribution < 1.29 is 26.2 Å². The van der Waals surface area contributed by atoms with Gasteiger partial charge in [0, 0.05) is 38.5 Å². The van der Waals surface area contributed by atoms with Crippen molar-refractivity contribution in [1.29, 1.82) is 5.26 Å². The van der Waals surface area contributed by atoms with Gasteiger partial charge in [0.25, 0.3) is 0 Å². The number of nitrogens with zero attached hydrogens (tertiary/aromatic N) is 7. The predicted molar refractivity (Wildman–Crippen MR) is 139 cm³/mol. The summed E-state index contributed by atoms with van der Waals surface area (Å²) < 4.78 is 82.6. The number of hydrogen-bond acceptors (Lipinski definition) is 7. The number of aryl methyl sites for hydroxylation is 1. The summed E-state index contributed by atoms with van der Waals surface area (Å²) in [4.78, 5) is 16.9. The number of benzene rings is 1. The van der Waals surface area contributed by atoms with Crippen LogP contribution in [0.2, 0.25) is 0 Å². The van der Waals surface area contributed by atoms with Crippen molar-refractivity contribution >= 4 is 39.4 Å². The second-order valence-electron chi connectivity index (χ2n) is 8.46. The third kappa shape index (κ3) is 4.97. The Bertz CT molecular complexity index is 1730. The first-order valence-corrected chi connectivity index (χ1v) is 12.8. The van der Waals surface area contributed by atoms with E-state index in [0.29, 0.717) is 29.1 Å². The number of halogens is 5. The van der Waals surface area contributed by atoms with E-state index in [1.807, 2.05) is 6.07 Å². The van der Waals surface area contributed by atoms with E-state index in [1.165, 1.54) is 28.6 Å². The molecular formula is C25H21F5N8OS. The fourth-order valence-corrected chi connectivity index (χ4v) is 4.90. The van der Waals surface area contributed by atoms with Crippen molar-refractivity contribution in [2.45, 2.75) is 24.0 Å². The van der Waals surface area contributed by atoms with Crippen LogP contribution in [0.3, 0.4) is 0 Å². The molecule has 3 aromatic heterocycles. The number of allylic oxidation sites excluding steroid dienone is 1. The van der Waals surface area contributed by atoms with Gasteiger partial charge in [-0.15, -0.1) is 0 Å². The molecule has 0 spiro atoms. The number of hydrogen-bond donors (Lipinski definition) is 1. The largest absolute Gasteiger partial charge is 0.458 e. The lowest BCUT2D eigenvalue weighted by atomic mass is 10.1. The van der Waals surface area contributed by atoms with Crippen molar-refractivity contribution in [3.05, 3.63) is 59.7 Å². The molecule has 15 heteroatoms. The van der Waals surface area contributed by atoms with Gasteiger partial charge in [-0.05, 0) is 24.3 Å². The highest BCUT2D eigenvalue weighted by Gasteiger charge is 2.59. The molecule has 0 saturated carbocycles. The minimum Gasteiger partial charge on any atom is -0.404 e. The number of imidazole rings is 2. The molecule has 4 rings (SSSR count). The summed E-state index contributed by atoms with van der Waals surface area (Å²) in [7, 11) is 1.46. The van der Waals surface area contributed by atoms with Crippen LogP contribution >= 0.6 is 0 Å². The van der Waals surface area contributed by atoms with Gasteiger partial charge in [-0.3, -0.25) is 9.20 Å². The van der Waals surface area contributed by atoms with E-state index in [9.17, 15) is 26.2 Å². The van der Waals surface area contributed by atoms with Crippen molar-refractivity contribution in [3.8, 4) is 17.6 Å². The molecule has 2 N–H and O–H groups in total. The van der Waals surface area contributed by atoms with Gasteiger partial charge < -0.3 is 14.9 Å². The summed E-state index contributed by atoms with van der Waals surface area (Å²) in [5.41, 5.74) is 5.57. The topological polar surface area (TPSA) is 128 Å².